The highest BCUT2D eigenvalue weighted by Crippen LogP contribution is 2.26. The minimum Gasteiger partial charge on any atom is -0.457 e. The molecule has 0 aliphatic heterocycles. The molecule has 0 N–H and O–H groups in total. The van der Waals surface area contributed by atoms with E-state index in [1.54, 1.807) is 13.8 Å². The molecule has 0 bridgehead atoms. The monoisotopic (exact) mass is 366 g/mol. The maximum atomic E-state index is 11.9. The van der Waals surface area contributed by atoms with Crippen molar-refractivity contribution in [1.82, 2.24) is 19.8 Å². The van der Waals surface area contributed by atoms with Gasteiger partial charge in [0.25, 0.3) is 5.82 Å². The highest BCUT2D eigenvalue weighted by atomic mass is 79.9. The molecule has 0 atom stereocenters. The standard InChI is InChI=1S/C13H11BrN4O2S/c1-7(2)20-12(19)10-15-16-13-18(10)17-11(21-13)8-3-5-9(14)6-4-8/h3-7H,1-2H3. The topological polar surface area (TPSA) is 69.4 Å². The fourth-order valence-electron chi connectivity index (χ4n) is 1.72. The first-order valence-electron chi connectivity index (χ1n) is 6.24. The van der Waals surface area contributed by atoms with E-state index in [1.807, 2.05) is 24.3 Å². The summed E-state index contributed by atoms with van der Waals surface area (Å²) >= 11 is 4.76. The van der Waals surface area contributed by atoms with Crippen molar-refractivity contribution in [2.75, 3.05) is 0 Å². The Morgan fingerprint density at radius 2 is 2.00 bits per heavy atom. The van der Waals surface area contributed by atoms with E-state index in [9.17, 15) is 4.79 Å². The number of rotatable bonds is 3. The predicted octanol–water partition coefficient (Wildman–Crippen LogP) is 3.18. The van der Waals surface area contributed by atoms with Crippen LogP contribution < -0.4 is 0 Å². The average Bonchev–Trinajstić information content (AvgIpc) is 2.98. The lowest BCUT2D eigenvalue weighted by molar-refractivity contribution is 0.0360. The van der Waals surface area contributed by atoms with Gasteiger partial charge in [0.05, 0.1) is 6.10 Å². The van der Waals surface area contributed by atoms with E-state index < -0.39 is 5.97 Å². The van der Waals surface area contributed by atoms with Crippen LogP contribution in [0.2, 0.25) is 0 Å². The first-order chi connectivity index (χ1) is 10.0. The van der Waals surface area contributed by atoms with Crippen molar-refractivity contribution in [2.45, 2.75) is 20.0 Å². The molecule has 21 heavy (non-hydrogen) atoms. The van der Waals surface area contributed by atoms with E-state index in [4.69, 9.17) is 4.74 Å². The van der Waals surface area contributed by atoms with Gasteiger partial charge in [-0.25, -0.2) is 4.79 Å². The summed E-state index contributed by atoms with van der Waals surface area (Å²) < 4.78 is 7.55. The van der Waals surface area contributed by atoms with Crippen LogP contribution in [0.15, 0.2) is 28.7 Å². The lowest BCUT2D eigenvalue weighted by atomic mass is 10.2. The fraction of sp³-hybridized carbons (Fsp3) is 0.231. The van der Waals surface area contributed by atoms with Crippen molar-refractivity contribution in [3.63, 3.8) is 0 Å². The van der Waals surface area contributed by atoms with Crippen molar-refractivity contribution < 1.29 is 9.53 Å². The van der Waals surface area contributed by atoms with Crippen molar-refractivity contribution in [3.05, 3.63) is 34.6 Å². The van der Waals surface area contributed by atoms with Gasteiger partial charge in [0.1, 0.15) is 5.01 Å². The van der Waals surface area contributed by atoms with Gasteiger partial charge in [-0.15, -0.1) is 10.2 Å². The van der Waals surface area contributed by atoms with E-state index in [2.05, 4.69) is 31.2 Å². The first kappa shape index (κ1) is 14.2. The van der Waals surface area contributed by atoms with Crippen LogP contribution in [0.4, 0.5) is 0 Å². The lowest BCUT2D eigenvalue weighted by Crippen LogP contribution is -2.15. The summed E-state index contributed by atoms with van der Waals surface area (Å²) in [5.74, 6) is -0.427. The summed E-state index contributed by atoms with van der Waals surface area (Å²) in [7, 11) is 0. The summed E-state index contributed by atoms with van der Waals surface area (Å²) in [6, 6.07) is 7.77. The second-order valence-corrected chi connectivity index (χ2v) is 6.46. The van der Waals surface area contributed by atoms with Crippen molar-refractivity contribution in [2.24, 2.45) is 0 Å². The number of benzene rings is 1. The maximum Gasteiger partial charge on any atom is 0.378 e. The molecular formula is C13H11BrN4O2S. The molecule has 0 saturated carbocycles. The van der Waals surface area contributed by atoms with Gasteiger partial charge in [0.2, 0.25) is 4.96 Å². The molecule has 0 unspecified atom stereocenters. The highest BCUT2D eigenvalue weighted by Gasteiger charge is 2.20. The third kappa shape index (κ3) is 2.81. The van der Waals surface area contributed by atoms with Crippen molar-refractivity contribution in [3.8, 4) is 10.6 Å². The Labute approximate surface area is 132 Å². The zero-order chi connectivity index (χ0) is 15.0. The smallest absolute Gasteiger partial charge is 0.378 e. The largest absolute Gasteiger partial charge is 0.457 e. The quantitative estimate of drug-likeness (QED) is 0.665. The summed E-state index contributed by atoms with van der Waals surface area (Å²) in [4.78, 5) is 12.5. The van der Waals surface area contributed by atoms with Crippen LogP contribution in [0.1, 0.15) is 24.5 Å². The van der Waals surface area contributed by atoms with Gasteiger partial charge in [-0.3, -0.25) is 0 Å². The molecule has 2 aromatic heterocycles. The van der Waals surface area contributed by atoms with Gasteiger partial charge < -0.3 is 4.74 Å². The summed E-state index contributed by atoms with van der Waals surface area (Å²) in [5.41, 5.74) is 0.955. The van der Waals surface area contributed by atoms with Gasteiger partial charge in [-0.1, -0.05) is 39.4 Å². The van der Waals surface area contributed by atoms with E-state index in [1.165, 1.54) is 15.9 Å². The van der Waals surface area contributed by atoms with Crippen LogP contribution in [0.3, 0.4) is 0 Å². The Morgan fingerprint density at radius 1 is 1.29 bits per heavy atom. The molecule has 6 nitrogen and oxygen atoms in total. The zero-order valence-corrected chi connectivity index (χ0v) is 13.7. The second-order valence-electron chi connectivity index (χ2n) is 4.59. The third-order valence-electron chi connectivity index (χ3n) is 2.61. The van der Waals surface area contributed by atoms with E-state index in [0.717, 1.165) is 15.0 Å². The number of carbonyl (C=O) groups is 1. The van der Waals surface area contributed by atoms with Gasteiger partial charge in [0, 0.05) is 10.0 Å². The highest BCUT2D eigenvalue weighted by molar-refractivity contribution is 9.10. The van der Waals surface area contributed by atoms with E-state index in [-0.39, 0.29) is 11.9 Å². The minimum atomic E-state index is -0.523. The first-order valence-corrected chi connectivity index (χ1v) is 7.84. The molecule has 0 radical (unpaired) electrons. The number of fused-ring (bicyclic) bond motifs is 1. The van der Waals surface area contributed by atoms with Crippen LogP contribution in [-0.4, -0.2) is 31.9 Å². The van der Waals surface area contributed by atoms with Crippen LogP contribution in [0.5, 0.6) is 0 Å². The number of ether oxygens (including phenoxy) is 1. The molecule has 2 heterocycles. The van der Waals surface area contributed by atoms with Crippen LogP contribution >= 0.6 is 27.3 Å². The molecule has 108 valence electrons. The number of esters is 1. The number of nitrogens with zero attached hydrogens (tertiary/aromatic N) is 4. The maximum absolute atomic E-state index is 11.9. The lowest BCUT2D eigenvalue weighted by Gasteiger charge is -2.04. The van der Waals surface area contributed by atoms with Crippen molar-refractivity contribution in [1.29, 1.82) is 0 Å². The van der Waals surface area contributed by atoms with Gasteiger partial charge >= 0.3 is 5.97 Å². The van der Waals surface area contributed by atoms with Crippen LogP contribution in [-0.2, 0) is 4.74 Å². The molecule has 1 aromatic carbocycles. The Hall–Kier alpha value is -1.80. The van der Waals surface area contributed by atoms with Gasteiger partial charge in [0.15, 0.2) is 0 Å². The summed E-state index contributed by atoms with van der Waals surface area (Å²) in [6.45, 7) is 3.56. The number of hydrogen-bond acceptors (Lipinski definition) is 6. The number of hydrogen-bond donors (Lipinski definition) is 0. The zero-order valence-electron chi connectivity index (χ0n) is 11.3. The molecule has 0 saturated heterocycles. The van der Waals surface area contributed by atoms with E-state index in [0.29, 0.717) is 4.96 Å². The Bertz CT molecular complexity index is 794. The Balaban J connectivity index is 1.99. The Morgan fingerprint density at radius 3 is 2.67 bits per heavy atom. The SMILES string of the molecule is CC(C)OC(=O)c1nnc2sc(-c3ccc(Br)cc3)nn12. The summed E-state index contributed by atoms with van der Waals surface area (Å²) in [5, 5.41) is 13.0. The van der Waals surface area contributed by atoms with E-state index >= 15 is 0 Å². The molecule has 0 aliphatic rings. The molecule has 0 fully saturated rings. The molecule has 0 aliphatic carbocycles. The molecule has 3 aromatic rings. The second kappa shape index (κ2) is 5.53. The normalized spacial score (nSPS) is 11.2. The van der Waals surface area contributed by atoms with Gasteiger partial charge in [-0.2, -0.15) is 9.61 Å². The third-order valence-corrected chi connectivity index (χ3v) is 4.08. The molecular weight excluding hydrogens is 356 g/mol. The number of carbonyl (C=O) groups excluding carboxylic acids is 1. The Kier molecular flexibility index (Phi) is 3.73. The number of halogens is 1. The van der Waals surface area contributed by atoms with Crippen molar-refractivity contribution >= 4 is 38.2 Å². The minimum absolute atomic E-state index is 0.0957. The average molecular weight is 367 g/mol. The molecule has 0 spiro atoms. The fourth-order valence-corrected chi connectivity index (χ4v) is 2.83. The van der Waals surface area contributed by atoms with Gasteiger partial charge in [-0.05, 0) is 26.0 Å². The molecule has 0 amide bonds. The molecule has 3 rings (SSSR count). The van der Waals surface area contributed by atoms with Crippen LogP contribution in [0.25, 0.3) is 15.5 Å². The molecule has 8 heteroatoms. The van der Waals surface area contributed by atoms with Crippen LogP contribution in [0, 0.1) is 0 Å². The summed E-state index contributed by atoms with van der Waals surface area (Å²) in [6.07, 6.45) is -0.213. The number of aromatic nitrogens is 4. The predicted molar refractivity (Wildman–Crippen MR) is 82.3 cm³/mol.